The van der Waals surface area contributed by atoms with Gasteiger partial charge in [-0.05, 0) is 50.5 Å². The first kappa shape index (κ1) is 30.3. The Morgan fingerprint density at radius 3 is 2.62 bits per heavy atom. The van der Waals surface area contributed by atoms with Crippen LogP contribution in [0.2, 0.25) is 10.0 Å². The Kier molecular flexibility index (Phi) is 10.0. The van der Waals surface area contributed by atoms with Crippen LogP contribution in [-0.2, 0) is 26.5 Å². The third-order valence-electron chi connectivity index (χ3n) is 6.98. The number of nitrogens with zero attached hydrogens (tertiary/aromatic N) is 6. The molecule has 0 unspecified atom stereocenters. The van der Waals surface area contributed by atoms with Crippen LogP contribution in [0.15, 0.2) is 55.1 Å². The minimum absolute atomic E-state index is 0.264. The van der Waals surface area contributed by atoms with Crippen molar-refractivity contribution in [1.29, 1.82) is 0 Å². The fourth-order valence-electron chi connectivity index (χ4n) is 4.78. The molecule has 0 aliphatic carbocycles. The molecule has 3 aromatic rings. The number of ether oxygens (including phenoxy) is 4. The van der Waals surface area contributed by atoms with E-state index in [1.165, 1.54) is 6.33 Å². The van der Waals surface area contributed by atoms with Gasteiger partial charge in [0.25, 0.3) is 0 Å². The SMILES string of the molecule is CN(C)CCOC(=O)NN1CCN(c2ccc(OC[C@@H]3CO[C@@](Cn4cncn4)(c4ccc(Cl)cc4Cl)O3)cc2)CC1. The molecule has 2 fully saturated rings. The number of hydrogen-bond donors (Lipinski definition) is 1. The lowest BCUT2D eigenvalue weighted by atomic mass is 10.1. The smallest absolute Gasteiger partial charge is 0.421 e. The maximum Gasteiger partial charge on any atom is 0.421 e. The topological polar surface area (TPSA) is 106 Å². The lowest BCUT2D eigenvalue weighted by molar-refractivity contribution is -0.190. The van der Waals surface area contributed by atoms with E-state index in [0.717, 1.165) is 24.5 Å². The van der Waals surface area contributed by atoms with Gasteiger partial charge in [-0.3, -0.25) is 5.43 Å². The predicted octanol–water partition coefficient (Wildman–Crippen LogP) is 3.26. The summed E-state index contributed by atoms with van der Waals surface area (Å²) in [6.45, 7) is 4.83. The summed E-state index contributed by atoms with van der Waals surface area (Å²) < 4.78 is 25.6. The van der Waals surface area contributed by atoms with E-state index in [9.17, 15) is 4.79 Å². The Hall–Kier alpha value is -3.13. The number of amides is 1. The van der Waals surface area contributed by atoms with Crippen molar-refractivity contribution in [3.63, 3.8) is 0 Å². The van der Waals surface area contributed by atoms with Crippen LogP contribution in [0.1, 0.15) is 5.56 Å². The molecular formula is C28H35Cl2N7O5. The van der Waals surface area contributed by atoms with E-state index < -0.39 is 11.9 Å². The Morgan fingerprint density at radius 1 is 1.14 bits per heavy atom. The van der Waals surface area contributed by atoms with E-state index >= 15 is 0 Å². The van der Waals surface area contributed by atoms with Crippen molar-refractivity contribution < 1.29 is 23.7 Å². The van der Waals surface area contributed by atoms with Crippen molar-refractivity contribution in [2.75, 3.05) is 71.5 Å². The minimum Gasteiger partial charge on any atom is -0.491 e. The van der Waals surface area contributed by atoms with Gasteiger partial charge in [0.15, 0.2) is 0 Å². The predicted molar refractivity (Wildman–Crippen MR) is 158 cm³/mol. The van der Waals surface area contributed by atoms with E-state index in [4.69, 9.17) is 42.1 Å². The molecule has 0 radical (unpaired) electrons. The molecule has 0 saturated carbocycles. The molecule has 2 aliphatic rings. The molecule has 14 heteroatoms. The minimum atomic E-state index is -1.16. The summed E-state index contributed by atoms with van der Waals surface area (Å²) in [7, 11) is 3.87. The molecule has 1 aromatic heterocycles. The van der Waals surface area contributed by atoms with Gasteiger partial charge in [-0.1, -0.05) is 29.3 Å². The maximum absolute atomic E-state index is 12.0. The summed E-state index contributed by atoms with van der Waals surface area (Å²) in [5.74, 6) is -0.436. The summed E-state index contributed by atoms with van der Waals surface area (Å²) in [4.78, 5) is 20.2. The van der Waals surface area contributed by atoms with Gasteiger partial charge in [0.1, 0.15) is 44.3 Å². The van der Waals surface area contributed by atoms with Crippen LogP contribution in [0.3, 0.4) is 0 Å². The number of piperazine rings is 1. The van der Waals surface area contributed by atoms with Gasteiger partial charge in [0.05, 0.1) is 11.6 Å². The van der Waals surface area contributed by atoms with Crippen LogP contribution in [0.25, 0.3) is 0 Å². The normalized spacial score (nSPS) is 21.1. The number of hydrazine groups is 1. The van der Waals surface area contributed by atoms with Gasteiger partial charge < -0.3 is 28.7 Å². The molecule has 1 amide bonds. The molecule has 5 rings (SSSR count). The molecule has 12 nitrogen and oxygen atoms in total. The number of aromatic nitrogens is 3. The zero-order chi connectivity index (χ0) is 29.5. The van der Waals surface area contributed by atoms with Gasteiger partial charge >= 0.3 is 6.09 Å². The van der Waals surface area contributed by atoms with E-state index in [1.54, 1.807) is 29.2 Å². The largest absolute Gasteiger partial charge is 0.491 e. The Morgan fingerprint density at radius 2 is 1.93 bits per heavy atom. The number of likely N-dealkylation sites (N-methyl/N-ethyl adjacent to an activating group) is 1. The number of anilines is 1. The molecule has 0 bridgehead atoms. The molecule has 226 valence electrons. The van der Waals surface area contributed by atoms with Gasteiger partial charge in [-0.2, -0.15) is 5.10 Å². The summed E-state index contributed by atoms with van der Waals surface area (Å²) in [5.41, 5.74) is 4.56. The fraction of sp³-hybridized carbons (Fsp3) is 0.464. The number of carbonyl (C=O) groups excluding carboxylic acids is 1. The number of nitrogens with one attached hydrogen (secondary N) is 1. The second-order valence-electron chi connectivity index (χ2n) is 10.4. The van der Waals surface area contributed by atoms with Crippen molar-refractivity contribution in [3.05, 3.63) is 70.7 Å². The average Bonchev–Trinajstić information content (AvgIpc) is 3.63. The van der Waals surface area contributed by atoms with Crippen LogP contribution < -0.4 is 15.1 Å². The number of rotatable bonds is 11. The third-order valence-corrected chi connectivity index (χ3v) is 7.52. The zero-order valence-electron chi connectivity index (χ0n) is 23.6. The van der Waals surface area contributed by atoms with Crippen LogP contribution in [0.4, 0.5) is 10.5 Å². The molecule has 1 N–H and O–H groups in total. The standard InChI is InChI=1S/C28H35Cl2N7O5/c1-34(2)13-14-39-27(38)33-36-11-9-35(10-12-36)22-4-6-23(7-5-22)40-16-24-17-41-28(42-24,18-37-20-31-19-32-37)25-8-3-21(29)15-26(25)30/h3-8,15,19-20,24H,9-14,16-18H2,1-2H3,(H,33,38)/t24-,28-/m1/s1. The lowest BCUT2D eigenvalue weighted by Crippen LogP contribution is -2.53. The lowest BCUT2D eigenvalue weighted by Gasteiger charge is -2.35. The molecule has 42 heavy (non-hydrogen) atoms. The van der Waals surface area contributed by atoms with Gasteiger partial charge in [-0.15, -0.1) is 0 Å². The highest BCUT2D eigenvalue weighted by atomic mass is 35.5. The van der Waals surface area contributed by atoms with E-state index in [-0.39, 0.29) is 12.6 Å². The molecule has 2 aromatic carbocycles. The average molecular weight is 621 g/mol. The van der Waals surface area contributed by atoms with E-state index in [1.807, 2.05) is 48.3 Å². The van der Waals surface area contributed by atoms with E-state index in [0.29, 0.717) is 55.1 Å². The first-order valence-electron chi connectivity index (χ1n) is 13.7. The van der Waals surface area contributed by atoms with Gasteiger partial charge in [0.2, 0.25) is 5.79 Å². The number of hydrogen-bond acceptors (Lipinski definition) is 10. The summed E-state index contributed by atoms with van der Waals surface area (Å²) in [6, 6.07) is 13.2. The number of halogens is 2. The highest BCUT2D eigenvalue weighted by Crippen LogP contribution is 2.40. The van der Waals surface area contributed by atoms with Crippen molar-refractivity contribution in [2.24, 2.45) is 0 Å². The van der Waals surface area contributed by atoms with Crippen LogP contribution in [0, 0.1) is 0 Å². The van der Waals surface area contributed by atoms with Crippen LogP contribution >= 0.6 is 23.2 Å². The molecule has 2 saturated heterocycles. The summed E-state index contributed by atoms with van der Waals surface area (Å²) in [5, 5.41) is 7.06. The first-order valence-corrected chi connectivity index (χ1v) is 14.5. The van der Waals surface area contributed by atoms with Crippen molar-refractivity contribution in [3.8, 4) is 5.75 Å². The van der Waals surface area contributed by atoms with Crippen molar-refractivity contribution >= 4 is 35.0 Å². The zero-order valence-corrected chi connectivity index (χ0v) is 25.1. The maximum atomic E-state index is 12.0. The van der Waals surface area contributed by atoms with Gasteiger partial charge in [0, 0.05) is 49.0 Å². The van der Waals surface area contributed by atoms with Gasteiger partial charge in [-0.25, -0.2) is 19.5 Å². The Labute approximate surface area is 254 Å². The Bertz CT molecular complexity index is 1310. The molecule has 2 atom stereocenters. The number of carbonyl (C=O) groups is 1. The first-order chi connectivity index (χ1) is 20.3. The molecule has 0 spiro atoms. The summed E-state index contributed by atoms with van der Waals surface area (Å²) in [6.07, 6.45) is 2.30. The quantitative estimate of drug-likeness (QED) is 0.344. The monoisotopic (exact) mass is 619 g/mol. The molecule has 3 heterocycles. The summed E-state index contributed by atoms with van der Waals surface area (Å²) >= 11 is 12.7. The highest BCUT2D eigenvalue weighted by Gasteiger charge is 2.45. The highest BCUT2D eigenvalue weighted by molar-refractivity contribution is 6.35. The second-order valence-corrected chi connectivity index (χ2v) is 11.2. The van der Waals surface area contributed by atoms with E-state index in [2.05, 4.69) is 20.4 Å². The second kappa shape index (κ2) is 13.9. The molecule has 2 aliphatic heterocycles. The van der Waals surface area contributed by atoms with Crippen molar-refractivity contribution in [2.45, 2.75) is 18.4 Å². The molecular weight excluding hydrogens is 585 g/mol. The van der Waals surface area contributed by atoms with Crippen molar-refractivity contribution in [1.82, 2.24) is 30.1 Å². The van der Waals surface area contributed by atoms with Crippen LogP contribution in [-0.4, -0.2) is 104 Å². The van der Waals surface area contributed by atoms with Crippen LogP contribution in [0.5, 0.6) is 5.75 Å². The number of benzene rings is 2. The third kappa shape index (κ3) is 7.82. The Balaban J connectivity index is 1.11. The fourth-order valence-corrected chi connectivity index (χ4v) is 5.34.